The lowest BCUT2D eigenvalue weighted by atomic mass is 10.0. The average molecular weight is 1670 g/mol. The first-order valence-corrected chi connectivity index (χ1v) is 43.4. The second kappa shape index (κ2) is 34.9. The minimum Gasteiger partial charge on any atom is -0.368 e. The smallest absolute Gasteiger partial charge is 0.263 e. The van der Waals surface area contributed by atoms with Crippen LogP contribution in [0.25, 0.3) is 22.1 Å². The van der Waals surface area contributed by atoms with E-state index in [0.717, 1.165) is 238 Å². The molecule has 2 aromatic carbocycles. The number of piperidine rings is 2. The molecule has 0 radical (unpaired) electrons. The molecule has 6 aromatic heterocycles. The van der Waals surface area contributed by atoms with Gasteiger partial charge in [0, 0.05) is 226 Å². The van der Waals surface area contributed by atoms with Gasteiger partial charge in [0.15, 0.2) is 11.6 Å². The van der Waals surface area contributed by atoms with E-state index in [4.69, 9.17) is 43.1 Å². The van der Waals surface area contributed by atoms with Crippen LogP contribution in [0.3, 0.4) is 0 Å². The van der Waals surface area contributed by atoms with E-state index in [1.54, 1.807) is 31.3 Å². The Kier molecular flexibility index (Phi) is 23.8. The highest BCUT2D eigenvalue weighted by molar-refractivity contribution is 6.35. The molecule has 14 heterocycles. The Bertz CT molecular complexity index is 5170. The maximum atomic E-state index is 13.6. The lowest BCUT2D eigenvalue weighted by molar-refractivity contribution is -0.138. The number of Topliss-reactive ketones (excluding diaryl/α,β-unsaturated/α-hetero) is 2. The topological polar surface area (TPSA) is 314 Å². The lowest BCUT2D eigenvalue weighted by Crippen LogP contribution is -2.52. The SMILES string of the molecule is CC(=O)c1c(C)c2cnc(Cc3ccc(N4CCN(CCN5CCN(c6ccc7c(c6Cl)CN(C6CCC(=O)NC6=O)C7=O)CC5)CC4)cn3)nc2n(C2CCCC2)c1=O.CC(=O)c1c(C)c2cnc(Cc3ccc(N4CCN(CCN5CCN(c6ccc7c(c6Cl)CN(C6CCC(=O)NC6=O)C7=O)CC5)CC4)cn3)nc2n(C2CCCC2)c1=O. The molecule has 0 bridgehead atoms. The van der Waals surface area contributed by atoms with E-state index >= 15 is 0 Å². The van der Waals surface area contributed by atoms with Gasteiger partial charge in [0.25, 0.3) is 22.9 Å². The number of rotatable bonds is 20. The van der Waals surface area contributed by atoms with Gasteiger partial charge in [-0.3, -0.25) is 97.3 Å². The van der Waals surface area contributed by atoms with Gasteiger partial charge >= 0.3 is 0 Å². The Morgan fingerprint density at radius 3 is 1.10 bits per heavy atom. The minimum atomic E-state index is -0.664. The third-order valence-corrected chi connectivity index (χ3v) is 27.4. The number of aryl methyl sites for hydroxylation is 2. The van der Waals surface area contributed by atoms with Crippen LogP contribution in [-0.4, -0.2) is 258 Å². The summed E-state index contributed by atoms with van der Waals surface area (Å²) >= 11 is 13.9. The fraction of sp³-hybridized carbons (Fsp3) is 0.500. The summed E-state index contributed by atoms with van der Waals surface area (Å²) in [4.78, 5) is 178. The zero-order chi connectivity index (χ0) is 83.3. The third-order valence-electron chi connectivity index (χ3n) is 26.5. The Hall–Kier alpha value is -10.5. The van der Waals surface area contributed by atoms with Gasteiger partial charge in [-0.05, 0) is 126 Å². The van der Waals surface area contributed by atoms with Crippen molar-refractivity contribution in [2.75, 3.05) is 150 Å². The third kappa shape index (κ3) is 16.5. The Morgan fingerprint density at radius 1 is 0.425 bits per heavy atom. The molecule has 120 heavy (non-hydrogen) atoms. The molecule has 2 atom stereocenters. The van der Waals surface area contributed by atoms with Crippen LogP contribution in [0.4, 0.5) is 22.7 Å². The van der Waals surface area contributed by atoms with Crippen molar-refractivity contribution in [2.45, 2.75) is 155 Å². The number of nitrogens with zero attached hydrogens (tertiary/aromatic N) is 18. The van der Waals surface area contributed by atoms with E-state index in [1.807, 2.05) is 62.6 Å². The first-order chi connectivity index (χ1) is 58.1. The number of hydrogen-bond acceptors (Lipinski definition) is 24. The second-order valence-corrected chi connectivity index (χ2v) is 34.5. The fourth-order valence-electron chi connectivity index (χ4n) is 19.6. The van der Waals surface area contributed by atoms with Crippen LogP contribution in [0.2, 0.25) is 10.0 Å². The number of nitrogens with one attached hydrogen (secondary N) is 2. The van der Waals surface area contributed by atoms with E-state index in [1.165, 1.54) is 13.8 Å². The van der Waals surface area contributed by atoms with Crippen LogP contribution in [0.1, 0.15) is 190 Å². The highest BCUT2D eigenvalue weighted by Gasteiger charge is 2.43. The van der Waals surface area contributed by atoms with Crippen molar-refractivity contribution in [3.63, 3.8) is 0 Å². The molecule has 8 aliphatic heterocycles. The fourth-order valence-corrected chi connectivity index (χ4v) is 20.3. The first kappa shape index (κ1) is 81.8. The predicted octanol–water partition coefficient (Wildman–Crippen LogP) is 7.52. The van der Waals surface area contributed by atoms with Crippen molar-refractivity contribution in [1.82, 2.24) is 79.1 Å². The zero-order valence-electron chi connectivity index (χ0n) is 68.6. The number of carbonyl (C=O) groups is 8. The summed E-state index contributed by atoms with van der Waals surface area (Å²) in [6.45, 7) is 25.6. The largest absolute Gasteiger partial charge is 0.368 e. The number of halogens is 2. The van der Waals surface area contributed by atoms with Crippen LogP contribution in [0, 0.1) is 13.8 Å². The molecule has 8 fully saturated rings. The van der Waals surface area contributed by atoms with E-state index in [-0.39, 0.29) is 95.5 Å². The highest BCUT2D eigenvalue weighted by atomic mass is 35.5. The average Bonchev–Trinajstić information content (AvgIpc) is 1.11. The van der Waals surface area contributed by atoms with E-state index in [9.17, 15) is 47.9 Å². The molecule has 2 N–H and O–H groups in total. The Labute approximate surface area is 705 Å². The van der Waals surface area contributed by atoms with Crippen LogP contribution < -0.4 is 41.4 Å². The van der Waals surface area contributed by atoms with E-state index < -0.39 is 23.9 Å². The molecule has 6 saturated heterocycles. The van der Waals surface area contributed by atoms with Gasteiger partial charge in [0.1, 0.15) is 35.0 Å². The highest BCUT2D eigenvalue weighted by Crippen LogP contribution is 2.42. The van der Waals surface area contributed by atoms with Gasteiger partial charge in [0.2, 0.25) is 23.6 Å². The molecule has 30 nitrogen and oxygen atoms in total. The number of carbonyl (C=O) groups excluding carboxylic acids is 8. The van der Waals surface area contributed by atoms with Crippen molar-refractivity contribution in [1.29, 1.82) is 0 Å². The quantitative estimate of drug-likeness (QED) is 0.0550. The standard InChI is InChI=1S/2C44H51ClN10O5/c2*1-27-33-25-47-37(48-41(33)55(30-5-3-4-6-30)44(60)39(27)28(2)56)23-29-7-8-31(24-46-29)52-19-15-50(16-20-52)13-14-51-17-21-53(22-18-51)35-10-9-32-34(40(35)45)26-54(43(32)59)36-11-12-38(57)49-42(36)58/h2*7-10,24-25,30,36H,3-6,11-23,26H2,1-2H3,(H,49,57,58). The van der Waals surface area contributed by atoms with Gasteiger partial charge in [-0.25, -0.2) is 19.9 Å². The lowest BCUT2D eigenvalue weighted by Gasteiger charge is -2.39. The number of amides is 6. The molecule has 6 amide bonds. The molecule has 18 rings (SSSR count). The van der Waals surface area contributed by atoms with Gasteiger partial charge in [-0.15, -0.1) is 0 Å². The summed E-state index contributed by atoms with van der Waals surface area (Å²) in [5.41, 5.74) is 10.8. The van der Waals surface area contributed by atoms with Crippen molar-refractivity contribution < 1.29 is 38.4 Å². The van der Waals surface area contributed by atoms with Crippen molar-refractivity contribution >= 4 is 115 Å². The number of ketones is 2. The number of piperazine rings is 4. The van der Waals surface area contributed by atoms with Gasteiger partial charge in [-0.2, -0.15) is 0 Å². The molecular formula is C88H102Cl2N20O10. The maximum absolute atomic E-state index is 13.6. The number of anilines is 4. The molecule has 8 aromatic rings. The molecule has 0 spiro atoms. The van der Waals surface area contributed by atoms with Crippen LogP contribution in [0.5, 0.6) is 0 Å². The van der Waals surface area contributed by atoms with Crippen molar-refractivity contribution in [3.8, 4) is 0 Å². The maximum Gasteiger partial charge on any atom is 0.263 e. The second-order valence-electron chi connectivity index (χ2n) is 33.7. The number of pyridine rings is 4. The Balaban J connectivity index is 0.000000171. The summed E-state index contributed by atoms with van der Waals surface area (Å²) < 4.78 is 3.52. The van der Waals surface area contributed by atoms with Gasteiger partial charge in [0.05, 0.1) is 69.2 Å². The molecule has 2 aliphatic carbocycles. The molecule has 10 aliphatic rings. The minimum absolute atomic E-state index is 0.0395. The number of aromatic nitrogens is 8. The van der Waals surface area contributed by atoms with E-state index in [2.05, 4.69) is 71.9 Å². The first-order valence-electron chi connectivity index (χ1n) is 42.6. The monoisotopic (exact) mass is 1670 g/mol. The van der Waals surface area contributed by atoms with Crippen molar-refractivity contribution in [3.05, 3.63) is 172 Å². The number of fused-ring (bicyclic) bond motifs is 4. The summed E-state index contributed by atoms with van der Waals surface area (Å²) in [5.74, 6) is -1.13. The molecule has 628 valence electrons. The summed E-state index contributed by atoms with van der Waals surface area (Å²) in [7, 11) is 0. The molecule has 2 unspecified atom stereocenters. The number of imide groups is 2. The number of hydrogen-bond donors (Lipinski definition) is 2. The normalized spacial score (nSPS) is 20.7. The molecule has 32 heteroatoms. The Morgan fingerprint density at radius 2 is 0.775 bits per heavy atom. The predicted molar refractivity (Wildman–Crippen MR) is 456 cm³/mol. The number of benzene rings is 2. The van der Waals surface area contributed by atoms with Gasteiger partial charge < -0.3 is 29.4 Å². The van der Waals surface area contributed by atoms with Crippen molar-refractivity contribution in [2.24, 2.45) is 0 Å². The van der Waals surface area contributed by atoms with Crippen LogP contribution in [0.15, 0.2) is 82.9 Å². The molecule has 2 saturated carbocycles. The van der Waals surface area contributed by atoms with Crippen LogP contribution >= 0.6 is 23.2 Å². The van der Waals surface area contributed by atoms with E-state index in [0.29, 0.717) is 80.9 Å². The van der Waals surface area contributed by atoms with Gasteiger partial charge in [-0.1, -0.05) is 48.9 Å². The summed E-state index contributed by atoms with van der Waals surface area (Å²) in [5, 5.41) is 7.35. The summed E-state index contributed by atoms with van der Waals surface area (Å²) in [6.07, 6.45) is 17.2. The summed E-state index contributed by atoms with van der Waals surface area (Å²) in [6, 6.07) is 14.6. The van der Waals surface area contributed by atoms with Crippen LogP contribution in [-0.2, 0) is 45.1 Å². The molecular weight excluding hydrogens is 1570 g/mol. The zero-order valence-corrected chi connectivity index (χ0v) is 70.1.